The molecule has 0 atom stereocenters. The second kappa shape index (κ2) is 7.29. The molecule has 5 nitrogen and oxygen atoms in total. The van der Waals surface area contributed by atoms with Gasteiger partial charge >= 0.3 is 0 Å². The maximum Gasteiger partial charge on any atom is 0.161 e. The highest BCUT2D eigenvalue weighted by Gasteiger charge is 2.17. The molecular formula is C19H21N5S. The van der Waals surface area contributed by atoms with Crippen molar-refractivity contribution in [2.75, 3.05) is 18.4 Å². The molecule has 3 aromatic rings. The van der Waals surface area contributed by atoms with Gasteiger partial charge in [-0.1, -0.05) is 30.3 Å². The molecule has 3 heterocycles. The fourth-order valence-electron chi connectivity index (χ4n) is 3.07. The summed E-state index contributed by atoms with van der Waals surface area (Å²) in [4.78, 5) is 14.2. The molecule has 1 aromatic carbocycles. The van der Waals surface area contributed by atoms with Gasteiger partial charge in [-0.15, -0.1) is 11.3 Å². The minimum atomic E-state index is 0.690. The van der Waals surface area contributed by atoms with Crippen molar-refractivity contribution in [3.05, 3.63) is 57.7 Å². The first kappa shape index (κ1) is 16.2. The topological polar surface area (TPSA) is 62.7 Å². The van der Waals surface area contributed by atoms with Gasteiger partial charge in [0.05, 0.1) is 22.9 Å². The van der Waals surface area contributed by atoms with Crippen molar-refractivity contribution in [3.63, 3.8) is 0 Å². The molecule has 0 radical (unpaired) electrons. The number of aromatic nitrogens is 3. The summed E-state index contributed by atoms with van der Waals surface area (Å²) < 4.78 is 0. The molecule has 0 spiro atoms. The quantitative estimate of drug-likeness (QED) is 0.756. The van der Waals surface area contributed by atoms with Crippen molar-refractivity contribution >= 4 is 17.2 Å². The molecule has 25 heavy (non-hydrogen) atoms. The van der Waals surface area contributed by atoms with E-state index in [1.54, 1.807) is 11.3 Å². The number of nitrogens with zero attached hydrogens (tertiary/aromatic N) is 3. The minimum absolute atomic E-state index is 0.690. The standard InChI is InChI=1S/C19H21N5S/c1-13-22-15(12-25-13)11-21-19-16-7-9-20-10-8-17(16)23-18(24-19)14-5-3-2-4-6-14/h2-6,12,20H,7-11H2,1H3,(H,21,23,24). The van der Waals surface area contributed by atoms with Crippen molar-refractivity contribution in [1.29, 1.82) is 0 Å². The van der Waals surface area contributed by atoms with Crippen LogP contribution in [0.3, 0.4) is 0 Å². The molecule has 2 aromatic heterocycles. The maximum atomic E-state index is 4.86. The van der Waals surface area contributed by atoms with Crippen LogP contribution in [0.25, 0.3) is 11.4 Å². The molecular weight excluding hydrogens is 330 g/mol. The van der Waals surface area contributed by atoms with Gasteiger partial charge < -0.3 is 10.6 Å². The van der Waals surface area contributed by atoms with E-state index < -0.39 is 0 Å². The highest BCUT2D eigenvalue weighted by atomic mass is 32.1. The number of fused-ring (bicyclic) bond motifs is 1. The van der Waals surface area contributed by atoms with Crippen LogP contribution in [0.2, 0.25) is 0 Å². The summed E-state index contributed by atoms with van der Waals surface area (Å²) in [6.45, 7) is 4.65. The van der Waals surface area contributed by atoms with E-state index in [4.69, 9.17) is 9.97 Å². The number of thiazole rings is 1. The van der Waals surface area contributed by atoms with Gasteiger partial charge in [-0.2, -0.15) is 0 Å². The lowest BCUT2D eigenvalue weighted by atomic mass is 10.1. The summed E-state index contributed by atoms with van der Waals surface area (Å²) in [6, 6.07) is 10.2. The fraction of sp³-hybridized carbons (Fsp3) is 0.316. The van der Waals surface area contributed by atoms with E-state index in [0.717, 1.165) is 59.5 Å². The summed E-state index contributed by atoms with van der Waals surface area (Å²) in [7, 11) is 0. The van der Waals surface area contributed by atoms with Crippen LogP contribution in [0.5, 0.6) is 0 Å². The zero-order valence-corrected chi connectivity index (χ0v) is 15.1. The monoisotopic (exact) mass is 351 g/mol. The molecule has 1 aliphatic heterocycles. The Morgan fingerprint density at radius 3 is 2.72 bits per heavy atom. The fourth-order valence-corrected chi connectivity index (χ4v) is 3.68. The number of benzene rings is 1. The van der Waals surface area contributed by atoms with Gasteiger partial charge in [0.25, 0.3) is 0 Å². The van der Waals surface area contributed by atoms with Gasteiger partial charge in [-0.05, 0) is 19.9 Å². The second-order valence-electron chi connectivity index (χ2n) is 6.15. The van der Waals surface area contributed by atoms with E-state index in [9.17, 15) is 0 Å². The summed E-state index contributed by atoms with van der Waals surface area (Å²) in [6.07, 6.45) is 1.88. The molecule has 0 unspecified atom stereocenters. The zero-order valence-electron chi connectivity index (χ0n) is 14.2. The highest BCUT2D eigenvalue weighted by molar-refractivity contribution is 7.09. The molecule has 0 saturated heterocycles. The van der Waals surface area contributed by atoms with Crippen LogP contribution in [0, 0.1) is 6.92 Å². The third-order valence-corrected chi connectivity index (χ3v) is 5.14. The third-order valence-electron chi connectivity index (χ3n) is 4.32. The van der Waals surface area contributed by atoms with Crippen molar-refractivity contribution in [2.45, 2.75) is 26.3 Å². The summed E-state index contributed by atoms with van der Waals surface area (Å²) >= 11 is 1.68. The van der Waals surface area contributed by atoms with E-state index in [-0.39, 0.29) is 0 Å². The molecule has 2 N–H and O–H groups in total. The Labute approximate surface area is 151 Å². The normalized spacial score (nSPS) is 14.0. The van der Waals surface area contributed by atoms with Gasteiger partial charge in [0.15, 0.2) is 5.82 Å². The SMILES string of the molecule is Cc1nc(CNc2nc(-c3ccccc3)nc3c2CCNCC3)cs1. The lowest BCUT2D eigenvalue weighted by Crippen LogP contribution is -2.16. The first-order valence-corrected chi connectivity index (χ1v) is 9.48. The van der Waals surface area contributed by atoms with Crippen LogP contribution >= 0.6 is 11.3 Å². The molecule has 0 saturated carbocycles. The first-order chi connectivity index (χ1) is 12.3. The number of hydrogen-bond donors (Lipinski definition) is 2. The molecule has 0 fully saturated rings. The predicted octanol–water partition coefficient (Wildman–Crippen LogP) is 3.21. The first-order valence-electron chi connectivity index (χ1n) is 8.60. The second-order valence-corrected chi connectivity index (χ2v) is 7.21. The summed E-state index contributed by atoms with van der Waals surface area (Å²) in [5.41, 5.74) is 4.49. The van der Waals surface area contributed by atoms with E-state index in [1.165, 1.54) is 5.56 Å². The lowest BCUT2D eigenvalue weighted by molar-refractivity contribution is 0.708. The van der Waals surface area contributed by atoms with Crippen LogP contribution in [0.4, 0.5) is 5.82 Å². The van der Waals surface area contributed by atoms with Crippen LogP contribution in [-0.2, 0) is 19.4 Å². The molecule has 128 valence electrons. The van der Waals surface area contributed by atoms with E-state index in [1.807, 2.05) is 25.1 Å². The summed E-state index contributed by atoms with van der Waals surface area (Å²) in [5.74, 6) is 1.73. The Kier molecular flexibility index (Phi) is 4.72. The van der Waals surface area contributed by atoms with Gasteiger partial charge in [0.1, 0.15) is 5.82 Å². The number of nitrogens with one attached hydrogen (secondary N) is 2. The van der Waals surface area contributed by atoms with Gasteiger partial charge in [-0.25, -0.2) is 15.0 Å². The number of rotatable bonds is 4. The van der Waals surface area contributed by atoms with Gasteiger partial charge in [-0.3, -0.25) is 0 Å². The largest absolute Gasteiger partial charge is 0.364 e. The number of hydrogen-bond acceptors (Lipinski definition) is 6. The maximum absolute atomic E-state index is 4.86. The van der Waals surface area contributed by atoms with Crippen LogP contribution < -0.4 is 10.6 Å². The Balaban J connectivity index is 1.69. The lowest BCUT2D eigenvalue weighted by Gasteiger charge is -2.14. The Hall–Kier alpha value is -2.31. The van der Waals surface area contributed by atoms with Crippen molar-refractivity contribution in [1.82, 2.24) is 20.3 Å². The molecule has 0 bridgehead atoms. The summed E-state index contributed by atoms with van der Waals surface area (Å²) in [5, 5.41) is 10.1. The van der Waals surface area contributed by atoms with Crippen molar-refractivity contribution < 1.29 is 0 Å². The number of aryl methyl sites for hydroxylation is 1. The third kappa shape index (κ3) is 3.70. The molecule has 6 heteroatoms. The zero-order chi connectivity index (χ0) is 17.1. The van der Waals surface area contributed by atoms with E-state index in [2.05, 4.69) is 33.1 Å². The van der Waals surface area contributed by atoms with E-state index >= 15 is 0 Å². The molecule has 0 aliphatic carbocycles. The van der Waals surface area contributed by atoms with Crippen molar-refractivity contribution in [3.8, 4) is 11.4 Å². The predicted molar refractivity (Wildman–Crippen MR) is 102 cm³/mol. The average Bonchev–Trinajstić information content (AvgIpc) is 2.91. The van der Waals surface area contributed by atoms with Crippen LogP contribution in [0.15, 0.2) is 35.7 Å². The molecule has 0 amide bonds. The van der Waals surface area contributed by atoms with Gasteiger partial charge in [0.2, 0.25) is 0 Å². The smallest absolute Gasteiger partial charge is 0.161 e. The minimum Gasteiger partial charge on any atom is -0.364 e. The Morgan fingerprint density at radius 1 is 1.08 bits per heavy atom. The molecule has 4 rings (SSSR count). The molecule has 1 aliphatic rings. The van der Waals surface area contributed by atoms with Crippen molar-refractivity contribution in [2.24, 2.45) is 0 Å². The van der Waals surface area contributed by atoms with Crippen LogP contribution in [-0.4, -0.2) is 28.0 Å². The van der Waals surface area contributed by atoms with E-state index in [0.29, 0.717) is 6.54 Å². The number of anilines is 1. The van der Waals surface area contributed by atoms with Crippen LogP contribution in [0.1, 0.15) is 22.0 Å². The Morgan fingerprint density at radius 2 is 1.92 bits per heavy atom. The Bertz CT molecular complexity index is 860. The van der Waals surface area contributed by atoms with Gasteiger partial charge in [0, 0.05) is 29.5 Å². The average molecular weight is 351 g/mol. The highest BCUT2D eigenvalue weighted by Crippen LogP contribution is 2.25.